The SMILES string of the molecule is CN(Cc1cccc(Br)c1)C(=O)Cc1ccc(F)cc1F. The van der Waals surface area contributed by atoms with E-state index in [-0.39, 0.29) is 17.9 Å². The van der Waals surface area contributed by atoms with Crippen molar-refractivity contribution in [1.82, 2.24) is 4.90 Å². The molecule has 0 aromatic heterocycles. The topological polar surface area (TPSA) is 20.3 Å². The fraction of sp³-hybridized carbons (Fsp3) is 0.188. The molecule has 0 fully saturated rings. The Bertz CT molecular complexity index is 660. The second-order valence-corrected chi connectivity index (χ2v) is 5.71. The van der Waals surface area contributed by atoms with Gasteiger partial charge in [0, 0.05) is 24.1 Å². The van der Waals surface area contributed by atoms with E-state index in [4.69, 9.17) is 0 Å². The smallest absolute Gasteiger partial charge is 0.227 e. The van der Waals surface area contributed by atoms with Crippen LogP contribution in [0.5, 0.6) is 0 Å². The molecular weight excluding hydrogens is 340 g/mol. The molecule has 0 radical (unpaired) electrons. The Morgan fingerprint density at radius 2 is 1.95 bits per heavy atom. The summed E-state index contributed by atoms with van der Waals surface area (Å²) in [6.07, 6.45) is -0.0867. The van der Waals surface area contributed by atoms with Gasteiger partial charge in [0.05, 0.1) is 6.42 Å². The van der Waals surface area contributed by atoms with E-state index in [1.807, 2.05) is 24.3 Å². The maximum Gasteiger partial charge on any atom is 0.227 e. The largest absolute Gasteiger partial charge is 0.341 e. The van der Waals surface area contributed by atoms with E-state index in [9.17, 15) is 13.6 Å². The summed E-state index contributed by atoms with van der Waals surface area (Å²) in [5, 5.41) is 0. The molecule has 0 aliphatic heterocycles. The molecule has 2 rings (SSSR count). The second kappa shape index (κ2) is 6.80. The molecule has 0 spiro atoms. The first kappa shape index (κ1) is 15.6. The van der Waals surface area contributed by atoms with E-state index in [0.717, 1.165) is 22.2 Å². The zero-order valence-electron chi connectivity index (χ0n) is 11.4. The van der Waals surface area contributed by atoms with Crippen molar-refractivity contribution in [3.63, 3.8) is 0 Å². The van der Waals surface area contributed by atoms with Gasteiger partial charge in [-0.3, -0.25) is 4.79 Å². The molecule has 0 bridgehead atoms. The number of halogens is 3. The molecule has 5 heteroatoms. The van der Waals surface area contributed by atoms with Crippen molar-refractivity contribution < 1.29 is 13.6 Å². The van der Waals surface area contributed by atoms with Crippen LogP contribution in [-0.4, -0.2) is 17.9 Å². The van der Waals surface area contributed by atoms with Crippen LogP contribution in [0.1, 0.15) is 11.1 Å². The van der Waals surface area contributed by atoms with E-state index in [1.165, 1.54) is 11.0 Å². The van der Waals surface area contributed by atoms with Gasteiger partial charge in [0.1, 0.15) is 11.6 Å². The molecule has 0 aliphatic carbocycles. The number of carbonyl (C=O) groups is 1. The summed E-state index contributed by atoms with van der Waals surface area (Å²) < 4.78 is 27.3. The highest BCUT2D eigenvalue weighted by atomic mass is 79.9. The van der Waals surface area contributed by atoms with Gasteiger partial charge in [-0.05, 0) is 29.3 Å². The molecule has 0 heterocycles. The Labute approximate surface area is 130 Å². The van der Waals surface area contributed by atoms with Crippen LogP contribution in [0.15, 0.2) is 46.9 Å². The summed E-state index contributed by atoms with van der Waals surface area (Å²) in [6.45, 7) is 0.432. The Balaban J connectivity index is 2.02. The quantitative estimate of drug-likeness (QED) is 0.815. The van der Waals surface area contributed by atoms with Crippen molar-refractivity contribution in [2.45, 2.75) is 13.0 Å². The lowest BCUT2D eigenvalue weighted by atomic mass is 10.1. The first-order chi connectivity index (χ1) is 9.95. The number of likely N-dealkylation sites (N-methyl/N-ethyl adjacent to an activating group) is 1. The van der Waals surface area contributed by atoms with Crippen LogP contribution >= 0.6 is 15.9 Å². The van der Waals surface area contributed by atoms with Crippen molar-refractivity contribution in [3.8, 4) is 0 Å². The molecule has 0 N–H and O–H groups in total. The fourth-order valence-corrected chi connectivity index (χ4v) is 2.41. The summed E-state index contributed by atoms with van der Waals surface area (Å²) in [4.78, 5) is 13.6. The van der Waals surface area contributed by atoms with Gasteiger partial charge in [-0.25, -0.2) is 8.78 Å². The summed E-state index contributed by atoms with van der Waals surface area (Å²) in [5.41, 5.74) is 1.17. The molecule has 21 heavy (non-hydrogen) atoms. The van der Waals surface area contributed by atoms with E-state index in [2.05, 4.69) is 15.9 Å². The number of rotatable bonds is 4. The average Bonchev–Trinajstić information content (AvgIpc) is 2.41. The molecule has 0 saturated carbocycles. The number of amides is 1. The maximum absolute atomic E-state index is 13.5. The zero-order valence-corrected chi connectivity index (χ0v) is 13.0. The molecule has 0 unspecified atom stereocenters. The highest BCUT2D eigenvalue weighted by Crippen LogP contribution is 2.15. The Hall–Kier alpha value is -1.75. The van der Waals surface area contributed by atoms with Crippen LogP contribution < -0.4 is 0 Å². The molecule has 0 aliphatic rings. The standard InChI is InChI=1S/C16H14BrF2NO/c1-20(10-11-3-2-4-13(17)7-11)16(21)8-12-5-6-14(18)9-15(12)19/h2-7,9H,8,10H2,1H3. The number of carbonyl (C=O) groups excluding carboxylic acids is 1. The predicted molar refractivity (Wildman–Crippen MR) is 80.7 cm³/mol. The molecular formula is C16H14BrF2NO. The number of hydrogen-bond donors (Lipinski definition) is 0. The van der Waals surface area contributed by atoms with Crippen molar-refractivity contribution in [2.75, 3.05) is 7.05 Å². The van der Waals surface area contributed by atoms with Crippen LogP contribution in [0, 0.1) is 11.6 Å². The minimum absolute atomic E-state index is 0.0867. The predicted octanol–water partition coefficient (Wildman–Crippen LogP) is 3.93. The third-order valence-corrected chi connectivity index (χ3v) is 3.58. The molecule has 0 saturated heterocycles. The molecule has 0 atom stereocenters. The van der Waals surface area contributed by atoms with Crippen LogP contribution in [0.2, 0.25) is 0 Å². The van der Waals surface area contributed by atoms with Crippen LogP contribution in [0.4, 0.5) is 8.78 Å². The van der Waals surface area contributed by atoms with Crippen molar-refractivity contribution in [3.05, 3.63) is 69.7 Å². The normalized spacial score (nSPS) is 10.5. The molecule has 1 amide bonds. The van der Waals surface area contributed by atoms with Crippen molar-refractivity contribution in [1.29, 1.82) is 0 Å². The van der Waals surface area contributed by atoms with Gasteiger partial charge in [-0.1, -0.05) is 34.1 Å². The van der Waals surface area contributed by atoms with E-state index in [1.54, 1.807) is 7.05 Å². The first-order valence-electron chi connectivity index (χ1n) is 6.38. The Morgan fingerprint density at radius 1 is 1.19 bits per heavy atom. The third-order valence-electron chi connectivity index (χ3n) is 3.09. The summed E-state index contributed by atoms with van der Waals surface area (Å²) in [6, 6.07) is 10.9. The van der Waals surface area contributed by atoms with Crippen LogP contribution in [0.3, 0.4) is 0 Å². The minimum atomic E-state index is -0.695. The first-order valence-corrected chi connectivity index (χ1v) is 7.17. The third kappa shape index (κ3) is 4.36. The lowest BCUT2D eigenvalue weighted by Gasteiger charge is -2.17. The lowest BCUT2D eigenvalue weighted by Crippen LogP contribution is -2.28. The minimum Gasteiger partial charge on any atom is -0.341 e. The van der Waals surface area contributed by atoms with Gasteiger partial charge in [0.25, 0.3) is 0 Å². The van der Waals surface area contributed by atoms with Gasteiger partial charge in [-0.2, -0.15) is 0 Å². The Kier molecular flexibility index (Phi) is 5.07. The van der Waals surface area contributed by atoms with E-state index >= 15 is 0 Å². The van der Waals surface area contributed by atoms with Gasteiger partial charge in [0.2, 0.25) is 5.91 Å². The second-order valence-electron chi connectivity index (χ2n) is 4.79. The maximum atomic E-state index is 13.5. The molecule has 2 aromatic rings. The monoisotopic (exact) mass is 353 g/mol. The highest BCUT2D eigenvalue weighted by Gasteiger charge is 2.13. The molecule has 2 aromatic carbocycles. The summed E-state index contributed by atoms with van der Waals surface area (Å²) in [7, 11) is 1.66. The molecule has 110 valence electrons. The van der Waals surface area contributed by atoms with Crippen LogP contribution in [0.25, 0.3) is 0 Å². The fourth-order valence-electron chi connectivity index (χ4n) is 1.96. The Morgan fingerprint density at radius 3 is 2.62 bits per heavy atom. The van der Waals surface area contributed by atoms with Crippen molar-refractivity contribution >= 4 is 21.8 Å². The van der Waals surface area contributed by atoms with E-state index < -0.39 is 11.6 Å². The number of nitrogens with zero attached hydrogens (tertiary/aromatic N) is 1. The van der Waals surface area contributed by atoms with Crippen molar-refractivity contribution in [2.24, 2.45) is 0 Å². The zero-order chi connectivity index (χ0) is 15.4. The van der Waals surface area contributed by atoms with Crippen LogP contribution in [-0.2, 0) is 17.8 Å². The average molecular weight is 354 g/mol. The van der Waals surface area contributed by atoms with Gasteiger partial charge in [0.15, 0.2) is 0 Å². The number of benzene rings is 2. The summed E-state index contributed by atoms with van der Waals surface area (Å²) >= 11 is 3.37. The number of hydrogen-bond acceptors (Lipinski definition) is 1. The van der Waals surface area contributed by atoms with E-state index in [0.29, 0.717) is 6.54 Å². The molecule has 2 nitrogen and oxygen atoms in total. The highest BCUT2D eigenvalue weighted by molar-refractivity contribution is 9.10. The van der Waals surface area contributed by atoms with Gasteiger partial charge in [-0.15, -0.1) is 0 Å². The van der Waals surface area contributed by atoms with Gasteiger partial charge >= 0.3 is 0 Å². The summed E-state index contributed by atoms with van der Waals surface area (Å²) in [5.74, 6) is -1.56. The lowest BCUT2D eigenvalue weighted by molar-refractivity contribution is -0.129. The van der Waals surface area contributed by atoms with Gasteiger partial charge < -0.3 is 4.90 Å².